The van der Waals surface area contributed by atoms with Crippen LogP contribution in [0.3, 0.4) is 0 Å². The molecule has 2 saturated heterocycles. The van der Waals surface area contributed by atoms with E-state index in [4.69, 9.17) is 9.47 Å². The van der Waals surface area contributed by atoms with Crippen LogP contribution in [0.15, 0.2) is 48.8 Å². The normalized spacial score (nSPS) is 19.6. The number of pyridine rings is 1. The number of hydrogen-bond acceptors (Lipinski definition) is 5. The van der Waals surface area contributed by atoms with Gasteiger partial charge in [-0.2, -0.15) is 0 Å². The van der Waals surface area contributed by atoms with E-state index in [2.05, 4.69) is 45.5 Å². The molecule has 3 heterocycles. The maximum absolute atomic E-state index is 5.94. The summed E-state index contributed by atoms with van der Waals surface area (Å²) >= 11 is 0. The minimum Gasteiger partial charge on any atom is -0.490 e. The molecule has 1 atom stereocenters. The van der Waals surface area contributed by atoms with Gasteiger partial charge in [-0.3, -0.25) is 4.98 Å². The molecule has 150 valence electrons. The summed E-state index contributed by atoms with van der Waals surface area (Å²) in [5, 5.41) is 3.46. The second-order valence-electron chi connectivity index (χ2n) is 7.93. The highest BCUT2D eigenvalue weighted by molar-refractivity contribution is 5.50. The van der Waals surface area contributed by atoms with E-state index in [0.29, 0.717) is 12.6 Å². The summed E-state index contributed by atoms with van der Waals surface area (Å²) in [6.45, 7) is 5.61. The number of anilines is 1. The summed E-state index contributed by atoms with van der Waals surface area (Å²) in [5.74, 6) is 1.64. The van der Waals surface area contributed by atoms with Crippen LogP contribution in [0.5, 0.6) is 5.75 Å². The van der Waals surface area contributed by atoms with Gasteiger partial charge in [0.15, 0.2) is 0 Å². The first-order valence-corrected chi connectivity index (χ1v) is 10.5. The summed E-state index contributed by atoms with van der Waals surface area (Å²) in [6.07, 6.45) is 8.57. The largest absolute Gasteiger partial charge is 0.490 e. The molecule has 28 heavy (non-hydrogen) atoms. The van der Waals surface area contributed by atoms with E-state index < -0.39 is 0 Å². The molecule has 2 fully saturated rings. The third-order valence-electron chi connectivity index (χ3n) is 5.65. The summed E-state index contributed by atoms with van der Waals surface area (Å²) in [4.78, 5) is 6.76. The molecule has 1 aromatic carbocycles. The first-order valence-electron chi connectivity index (χ1n) is 10.5. The Morgan fingerprint density at radius 3 is 2.86 bits per heavy atom. The summed E-state index contributed by atoms with van der Waals surface area (Å²) in [5.41, 5.74) is 2.42. The minimum atomic E-state index is 0.487. The number of rotatable bonds is 10. The number of hydrogen-bond donors (Lipinski definition) is 1. The molecule has 4 rings (SSSR count). The van der Waals surface area contributed by atoms with Crippen LogP contribution in [-0.4, -0.2) is 43.9 Å². The van der Waals surface area contributed by atoms with Crippen molar-refractivity contribution in [3.05, 3.63) is 54.4 Å². The molecule has 1 aromatic heterocycles. The first kappa shape index (κ1) is 19.2. The van der Waals surface area contributed by atoms with E-state index in [1.54, 1.807) is 0 Å². The number of nitrogens with one attached hydrogen (secondary N) is 1. The molecule has 0 amide bonds. The van der Waals surface area contributed by atoms with Crippen LogP contribution in [0.25, 0.3) is 0 Å². The van der Waals surface area contributed by atoms with E-state index >= 15 is 0 Å². The summed E-state index contributed by atoms with van der Waals surface area (Å²) in [7, 11) is 0. The third kappa shape index (κ3) is 5.46. The zero-order chi connectivity index (χ0) is 19.0. The van der Waals surface area contributed by atoms with Crippen molar-refractivity contribution in [3.8, 4) is 5.75 Å². The van der Waals surface area contributed by atoms with E-state index in [9.17, 15) is 0 Å². The molecule has 2 aliphatic heterocycles. The van der Waals surface area contributed by atoms with Gasteiger partial charge in [-0.15, -0.1) is 0 Å². The van der Waals surface area contributed by atoms with Crippen LogP contribution in [0.1, 0.15) is 31.2 Å². The average Bonchev–Trinajstić information content (AvgIpc) is 3.22. The van der Waals surface area contributed by atoms with Crippen LogP contribution >= 0.6 is 0 Å². The van der Waals surface area contributed by atoms with Crippen molar-refractivity contribution in [2.24, 2.45) is 5.92 Å². The highest BCUT2D eigenvalue weighted by atomic mass is 16.5. The average molecular weight is 382 g/mol. The maximum Gasteiger partial charge on any atom is 0.139 e. The zero-order valence-electron chi connectivity index (χ0n) is 16.6. The van der Waals surface area contributed by atoms with Crippen molar-refractivity contribution < 1.29 is 9.47 Å². The topological polar surface area (TPSA) is 46.6 Å². The minimum absolute atomic E-state index is 0.487. The van der Waals surface area contributed by atoms with E-state index in [1.165, 1.54) is 30.5 Å². The second-order valence-corrected chi connectivity index (χ2v) is 7.93. The van der Waals surface area contributed by atoms with E-state index in [-0.39, 0.29) is 0 Å². The number of ether oxygens (including phenoxy) is 2. The van der Waals surface area contributed by atoms with Gasteiger partial charge >= 0.3 is 0 Å². The highest BCUT2D eigenvalue weighted by Gasteiger charge is 2.26. The molecule has 0 spiro atoms. The van der Waals surface area contributed by atoms with Crippen LogP contribution < -0.4 is 15.0 Å². The number of aromatic nitrogens is 1. The maximum atomic E-state index is 5.94. The van der Waals surface area contributed by atoms with Gasteiger partial charge in [0, 0.05) is 31.8 Å². The molecule has 0 aliphatic carbocycles. The molecule has 0 saturated carbocycles. The quantitative estimate of drug-likeness (QED) is 0.637. The predicted molar refractivity (Wildman–Crippen MR) is 112 cm³/mol. The van der Waals surface area contributed by atoms with Gasteiger partial charge in [-0.05, 0) is 43.7 Å². The van der Waals surface area contributed by atoms with E-state index in [1.807, 2.05) is 18.5 Å². The van der Waals surface area contributed by atoms with Crippen LogP contribution in [0, 0.1) is 5.92 Å². The van der Waals surface area contributed by atoms with Crippen LogP contribution in [0.2, 0.25) is 0 Å². The van der Waals surface area contributed by atoms with Gasteiger partial charge in [-0.25, -0.2) is 0 Å². The standard InChI is InChI=1S/C23H31N3O2/c1-2-6-19(7-3-1)17-27-11-5-8-20-15-26(16-20)22-12-23(14-24-13-22)28-18-21-9-4-10-25-21/h1-3,6-7,12-14,20-21,25H,4-5,8-11,15-18H2. The lowest BCUT2D eigenvalue weighted by Gasteiger charge is -2.41. The Morgan fingerprint density at radius 1 is 1.14 bits per heavy atom. The number of benzene rings is 1. The van der Waals surface area contributed by atoms with Gasteiger partial charge < -0.3 is 19.7 Å². The zero-order valence-corrected chi connectivity index (χ0v) is 16.6. The smallest absolute Gasteiger partial charge is 0.139 e. The van der Waals surface area contributed by atoms with Crippen molar-refractivity contribution in [3.63, 3.8) is 0 Å². The van der Waals surface area contributed by atoms with Crippen LogP contribution in [0.4, 0.5) is 5.69 Å². The molecule has 0 bridgehead atoms. The Bertz CT molecular complexity index is 713. The van der Waals surface area contributed by atoms with Gasteiger partial charge in [-0.1, -0.05) is 30.3 Å². The van der Waals surface area contributed by atoms with Gasteiger partial charge in [0.25, 0.3) is 0 Å². The van der Waals surface area contributed by atoms with Gasteiger partial charge in [0.2, 0.25) is 0 Å². The Hall–Kier alpha value is -2.11. The van der Waals surface area contributed by atoms with Crippen molar-refractivity contribution in [1.29, 1.82) is 0 Å². The molecule has 2 aliphatic rings. The summed E-state index contributed by atoms with van der Waals surface area (Å²) in [6, 6.07) is 13.0. The lowest BCUT2D eigenvalue weighted by Crippen LogP contribution is -2.46. The fourth-order valence-corrected chi connectivity index (χ4v) is 3.96. The van der Waals surface area contributed by atoms with E-state index in [0.717, 1.165) is 50.9 Å². The lowest BCUT2D eigenvalue weighted by atomic mass is 9.94. The molecule has 1 unspecified atom stereocenters. The molecule has 0 radical (unpaired) electrons. The molecule has 2 aromatic rings. The Labute approximate surface area is 168 Å². The summed E-state index contributed by atoms with van der Waals surface area (Å²) < 4.78 is 11.7. The lowest BCUT2D eigenvalue weighted by molar-refractivity contribution is 0.112. The highest BCUT2D eigenvalue weighted by Crippen LogP contribution is 2.29. The second kappa shape index (κ2) is 9.89. The van der Waals surface area contributed by atoms with Crippen LogP contribution in [-0.2, 0) is 11.3 Å². The fourth-order valence-electron chi connectivity index (χ4n) is 3.96. The van der Waals surface area contributed by atoms with Crippen molar-refractivity contribution in [1.82, 2.24) is 10.3 Å². The predicted octanol–water partition coefficient (Wildman–Crippen LogP) is 3.65. The number of nitrogens with zero attached hydrogens (tertiary/aromatic N) is 2. The van der Waals surface area contributed by atoms with Crippen molar-refractivity contribution in [2.75, 3.05) is 37.7 Å². The third-order valence-corrected chi connectivity index (χ3v) is 5.65. The van der Waals surface area contributed by atoms with Crippen molar-refractivity contribution >= 4 is 5.69 Å². The Kier molecular flexibility index (Phi) is 6.79. The Morgan fingerprint density at radius 2 is 2.04 bits per heavy atom. The fraction of sp³-hybridized carbons (Fsp3) is 0.522. The molecule has 5 nitrogen and oxygen atoms in total. The van der Waals surface area contributed by atoms with Crippen molar-refractivity contribution in [2.45, 2.75) is 38.3 Å². The Balaban J connectivity index is 1.11. The molecule has 1 N–H and O–H groups in total. The monoisotopic (exact) mass is 381 g/mol. The molecular weight excluding hydrogens is 350 g/mol. The van der Waals surface area contributed by atoms with Gasteiger partial charge in [0.1, 0.15) is 12.4 Å². The van der Waals surface area contributed by atoms with Gasteiger partial charge in [0.05, 0.1) is 24.7 Å². The SMILES string of the molecule is c1ccc(COCCCC2CN(c3cncc(OCC4CCCN4)c3)C2)cc1. The first-order chi connectivity index (χ1) is 13.9. The molecule has 5 heteroatoms. The molecular formula is C23H31N3O2.